The molecule has 0 aliphatic carbocycles. The Bertz CT molecular complexity index is 476. The number of aryl methyl sites for hydroxylation is 2. The Balaban J connectivity index is 2.14. The first kappa shape index (κ1) is 10.7. The summed E-state index contributed by atoms with van der Waals surface area (Å²) in [6.45, 7) is 6.09. The third-order valence-electron chi connectivity index (χ3n) is 2.55. The molecule has 16 heavy (non-hydrogen) atoms. The van der Waals surface area contributed by atoms with E-state index in [0.717, 1.165) is 22.8 Å². The van der Waals surface area contributed by atoms with Crippen molar-refractivity contribution < 1.29 is 4.42 Å². The quantitative estimate of drug-likeness (QED) is 0.853. The monoisotopic (exact) mass is 216 g/mol. The molecule has 0 saturated heterocycles. The summed E-state index contributed by atoms with van der Waals surface area (Å²) in [4.78, 5) is 4.40. The summed E-state index contributed by atoms with van der Waals surface area (Å²) in [7, 11) is 0. The summed E-state index contributed by atoms with van der Waals surface area (Å²) in [6.07, 6.45) is 1.71. The Labute approximate surface area is 95.5 Å². The molecule has 2 rings (SSSR count). The second-order valence-electron chi connectivity index (χ2n) is 4.00. The first-order valence-electron chi connectivity index (χ1n) is 5.41. The minimum absolute atomic E-state index is 0.129. The zero-order valence-corrected chi connectivity index (χ0v) is 9.82. The number of hydrogen-bond donors (Lipinski definition) is 1. The second-order valence-corrected chi connectivity index (χ2v) is 4.00. The molecule has 0 saturated carbocycles. The molecule has 0 aliphatic rings. The van der Waals surface area contributed by atoms with Crippen LogP contribution in [0, 0.1) is 13.8 Å². The second kappa shape index (κ2) is 4.39. The van der Waals surface area contributed by atoms with Gasteiger partial charge in [-0.05, 0) is 44.5 Å². The van der Waals surface area contributed by atoms with Gasteiger partial charge in [0.15, 0.2) is 0 Å². The third-order valence-corrected chi connectivity index (χ3v) is 2.55. The highest BCUT2D eigenvalue weighted by atomic mass is 16.3. The number of rotatable bonds is 3. The van der Waals surface area contributed by atoms with Crippen molar-refractivity contribution in [2.75, 3.05) is 5.32 Å². The molecule has 3 nitrogen and oxygen atoms in total. The van der Waals surface area contributed by atoms with Crippen molar-refractivity contribution in [2.45, 2.75) is 26.8 Å². The number of aromatic nitrogens is 1. The van der Waals surface area contributed by atoms with Crippen molar-refractivity contribution in [1.82, 2.24) is 4.98 Å². The van der Waals surface area contributed by atoms with Crippen molar-refractivity contribution in [3.63, 3.8) is 0 Å². The van der Waals surface area contributed by atoms with E-state index in [4.69, 9.17) is 4.42 Å². The molecule has 1 N–H and O–H groups in total. The molecule has 0 bridgehead atoms. The fraction of sp³-hybridized carbons (Fsp3) is 0.308. The Kier molecular flexibility index (Phi) is 2.95. The molecule has 0 aromatic carbocycles. The van der Waals surface area contributed by atoms with Gasteiger partial charge in [-0.2, -0.15) is 0 Å². The van der Waals surface area contributed by atoms with Gasteiger partial charge in [0.2, 0.25) is 0 Å². The summed E-state index contributed by atoms with van der Waals surface area (Å²) in [5.74, 6) is 1.84. The predicted octanol–water partition coefficient (Wildman–Crippen LogP) is 3.46. The van der Waals surface area contributed by atoms with Crippen LogP contribution >= 0.6 is 0 Å². The molecular weight excluding hydrogens is 200 g/mol. The highest BCUT2D eigenvalue weighted by molar-refractivity contribution is 5.38. The fourth-order valence-electron chi connectivity index (χ4n) is 1.74. The van der Waals surface area contributed by atoms with Gasteiger partial charge in [0.05, 0.1) is 12.3 Å². The summed E-state index contributed by atoms with van der Waals surface area (Å²) in [5.41, 5.74) is 2.17. The average Bonchev–Trinajstić information content (AvgIpc) is 2.64. The normalized spacial score (nSPS) is 12.4. The maximum Gasteiger partial charge on any atom is 0.128 e. The smallest absolute Gasteiger partial charge is 0.128 e. The van der Waals surface area contributed by atoms with Crippen LogP contribution in [0.5, 0.6) is 0 Å². The van der Waals surface area contributed by atoms with Crippen LogP contribution in [0.1, 0.15) is 30.0 Å². The number of nitrogens with zero attached hydrogens (tertiary/aromatic N) is 1. The topological polar surface area (TPSA) is 38.1 Å². The fourth-order valence-corrected chi connectivity index (χ4v) is 1.74. The number of pyridine rings is 1. The van der Waals surface area contributed by atoms with Crippen LogP contribution in [0.3, 0.4) is 0 Å². The van der Waals surface area contributed by atoms with E-state index in [-0.39, 0.29) is 6.04 Å². The Morgan fingerprint density at radius 2 is 2.06 bits per heavy atom. The first-order chi connectivity index (χ1) is 7.66. The van der Waals surface area contributed by atoms with Crippen molar-refractivity contribution in [3.8, 4) is 0 Å². The van der Waals surface area contributed by atoms with Crippen molar-refractivity contribution in [2.24, 2.45) is 0 Å². The Morgan fingerprint density at radius 1 is 1.25 bits per heavy atom. The van der Waals surface area contributed by atoms with E-state index in [1.54, 1.807) is 6.26 Å². The van der Waals surface area contributed by atoms with Crippen LogP contribution in [0.15, 0.2) is 34.9 Å². The molecule has 2 aromatic rings. The van der Waals surface area contributed by atoms with Crippen molar-refractivity contribution in [3.05, 3.63) is 47.5 Å². The lowest BCUT2D eigenvalue weighted by atomic mass is 10.2. The Hall–Kier alpha value is -1.77. The third kappa shape index (κ3) is 2.24. The van der Waals surface area contributed by atoms with Gasteiger partial charge < -0.3 is 9.73 Å². The summed E-state index contributed by atoms with van der Waals surface area (Å²) in [6, 6.07) is 8.03. The molecule has 0 fully saturated rings. The van der Waals surface area contributed by atoms with Crippen molar-refractivity contribution in [1.29, 1.82) is 0 Å². The zero-order chi connectivity index (χ0) is 11.5. The minimum Gasteiger partial charge on any atom is -0.467 e. The highest BCUT2D eigenvalue weighted by Gasteiger charge is 2.11. The average molecular weight is 216 g/mol. The van der Waals surface area contributed by atoms with Crippen LogP contribution < -0.4 is 5.32 Å². The molecule has 0 spiro atoms. The van der Waals surface area contributed by atoms with Gasteiger partial charge in [-0.1, -0.05) is 6.07 Å². The molecule has 84 valence electrons. The van der Waals surface area contributed by atoms with Crippen LogP contribution in [0.2, 0.25) is 0 Å². The molecule has 3 heteroatoms. The summed E-state index contributed by atoms with van der Waals surface area (Å²) < 4.78 is 5.44. The lowest BCUT2D eigenvalue weighted by Gasteiger charge is -2.13. The molecule has 0 amide bonds. The van der Waals surface area contributed by atoms with Gasteiger partial charge >= 0.3 is 0 Å². The summed E-state index contributed by atoms with van der Waals surface area (Å²) >= 11 is 0. The van der Waals surface area contributed by atoms with Gasteiger partial charge in [0.25, 0.3) is 0 Å². The van der Waals surface area contributed by atoms with Crippen molar-refractivity contribution >= 4 is 5.82 Å². The minimum atomic E-state index is 0.129. The molecule has 0 radical (unpaired) electrons. The molecular formula is C13H16N2O. The maximum atomic E-state index is 5.44. The largest absolute Gasteiger partial charge is 0.467 e. The van der Waals surface area contributed by atoms with E-state index in [2.05, 4.69) is 17.2 Å². The van der Waals surface area contributed by atoms with Gasteiger partial charge in [-0.15, -0.1) is 0 Å². The van der Waals surface area contributed by atoms with Gasteiger partial charge in [-0.25, -0.2) is 4.98 Å². The van der Waals surface area contributed by atoms with E-state index < -0.39 is 0 Å². The lowest BCUT2D eigenvalue weighted by molar-refractivity contribution is 0.487. The number of furan rings is 1. The lowest BCUT2D eigenvalue weighted by Crippen LogP contribution is -2.08. The van der Waals surface area contributed by atoms with Crippen LogP contribution in [-0.2, 0) is 0 Å². The molecule has 2 aromatic heterocycles. The van der Waals surface area contributed by atoms with E-state index >= 15 is 0 Å². The van der Waals surface area contributed by atoms with E-state index in [0.29, 0.717) is 0 Å². The van der Waals surface area contributed by atoms with E-state index in [1.807, 2.05) is 38.1 Å². The maximum absolute atomic E-state index is 5.44. The number of nitrogens with one attached hydrogen (secondary N) is 1. The SMILES string of the molecule is Cc1cccc(NC(C)c2occc2C)n1. The van der Waals surface area contributed by atoms with E-state index in [9.17, 15) is 0 Å². The highest BCUT2D eigenvalue weighted by Crippen LogP contribution is 2.21. The Morgan fingerprint density at radius 3 is 2.69 bits per heavy atom. The van der Waals surface area contributed by atoms with E-state index in [1.165, 1.54) is 0 Å². The first-order valence-corrected chi connectivity index (χ1v) is 5.41. The molecule has 1 atom stereocenters. The van der Waals surface area contributed by atoms with Gasteiger partial charge in [0.1, 0.15) is 11.6 Å². The number of anilines is 1. The van der Waals surface area contributed by atoms with Crippen LogP contribution in [-0.4, -0.2) is 4.98 Å². The molecule has 0 aliphatic heterocycles. The summed E-state index contributed by atoms with van der Waals surface area (Å²) in [5, 5.41) is 3.32. The standard InChI is InChI=1S/C13H16N2O/c1-9-7-8-16-13(9)11(3)15-12-6-4-5-10(2)14-12/h4-8,11H,1-3H3,(H,14,15). The van der Waals surface area contributed by atoms with Crippen LogP contribution in [0.4, 0.5) is 5.82 Å². The van der Waals surface area contributed by atoms with Gasteiger partial charge in [-0.3, -0.25) is 0 Å². The van der Waals surface area contributed by atoms with Gasteiger partial charge in [0, 0.05) is 5.69 Å². The zero-order valence-electron chi connectivity index (χ0n) is 9.82. The molecule has 1 unspecified atom stereocenters. The predicted molar refractivity (Wildman–Crippen MR) is 64.5 cm³/mol. The van der Waals surface area contributed by atoms with Crippen LogP contribution in [0.25, 0.3) is 0 Å². The molecule has 2 heterocycles. The number of hydrogen-bond acceptors (Lipinski definition) is 3.